The Morgan fingerprint density at radius 3 is 2.85 bits per heavy atom. The quantitative estimate of drug-likeness (QED) is 0.707. The number of carbonyl (C=O) groups excluding carboxylic acids is 1. The van der Waals surface area contributed by atoms with Crippen LogP contribution in [0.3, 0.4) is 0 Å². The summed E-state index contributed by atoms with van der Waals surface area (Å²) in [5, 5.41) is 0. The maximum Gasteiger partial charge on any atom is 0.266 e. The average molecular weight is 414 g/mol. The Morgan fingerprint density at radius 2 is 2.19 bits per heavy atom. The summed E-state index contributed by atoms with van der Waals surface area (Å²) in [5.41, 5.74) is 1.06. The van der Waals surface area contributed by atoms with Gasteiger partial charge in [0.05, 0.1) is 16.5 Å². The zero-order valence-corrected chi connectivity index (χ0v) is 17.6. The van der Waals surface area contributed by atoms with E-state index >= 15 is 0 Å². The van der Waals surface area contributed by atoms with Crippen molar-refractivity contribution in [3.63, 3.8) is 0 Å². The molecule has 0 bridgehead atoms. The SMILES string of the molecule is CCCn1c(=NC(=O)C2CCCN2S(C)(=O)=O)sc2cc(SC)ccc21. The van der Waals surface area contributed by atoms with E-state index in [1.807, 2.05) is 6.26 Å². The minimum Gasteiger partial charge on any atom is -0.316 e. The Morgan fingerprint density at radius 1 is 1.42 bits per heavy atom. The van der Waals surface area contributed by atoms with Gasteiger partial charge < -0.3 is 4.57 Å². The van der Waals surface area contributed by atoms with E-state index in [-0.39, 0.29) is 5.91 Å². The molecule has 1 amide bonds. The van der Waals surface area contributed by atoms with E-state index < -0.39 is 16.1 Å². The Hall–Kier alpha value is -1.16. The number of rotatable bonds is 5. The molecule has 1 fully saturated rings. The molecule has 1 saturated heterocycles. The topological polar surface area (TPSA) is 71.7 Å². The molecule has 0 spiro atoms. The van der Waals surface area contributed by atoms with Crippen LogP contribution in [0, 0.1) is 0 Å². The van der Waals surface area contributed by atoms with Crippen molar-refractivity contribution in [2.24, 2.45) is 4.99 Å². The molecule has 1 aromatic heterocycles. The third-order valence-corrected chi connectivity index (χ3v) is 7.51. The molecule has 142 valence electrons. The fourth-order valence-corrected chi connectivity index (χ4v) is 5.99. The fourth-order valence-electron chi connectivity index (χ4n) is 3.26. The highest BCUT2D eigenvalue weighted by Gasteiger charge is 2.36. The molecule has 0 N–H and O–H groups in total. The molecule has 26 heavy (non-hydrogen) atoms. The first-order valence-corrected chi connectivity index (χ1v) is 12.5. The van der Waals surface area contributed by atoms with E-state index in [1.54, 1.807) is 11.8 Å². The minimum absolute atomic E-state index is 0.366. The molecule has 1 aliphatic heterocycles. The second kappa shape index (κ2) is 7.84. The number of thioether (sulfide) groups is 1. The number of carbonyl (C=O) groups is 1. The maximum absolute atomic E-state index is 12.7. The predicted molar refractivity (Wildman–Crippen MR) is 107 cm³/mol. The maximum atomic E-state index is 12.7. The van der Waals surface area contributed by atoms with Gasteiger partial charge in [0, 0.05) is 18.0 Å². The molecule has 0 saturated carbocycles. The first-order valence-electron chi connectivity index (χ1n) is 8.58. The first-order chi connectivity index (χ1) is 12.3. The van der Waals surface area contributed by atoms with Gasteiger partial charge >= 0.3 is 0 Å². The lowest BCUT2D eigenvalue weighted by Gasteiger charge is -2.18. The molecular formula is C17H23N3O3S3. The lowest BCUT2D eigenvalue weighted by molar-refractivity contribution is -0.121. The predicted octanol–water partition coefficient (Wildman–Crippen LogP) is 2.69. The highest BCUT2D eigenvalue weighted by molar-refractivity contribution is 7.98. The Labute approximate surface area is 162 Å². The smallest absolute Gasteiger partial charge is 0.266 e. The van der Waals surface area contributed by atoms with Crippen molar-refractivity contribution in [1.82, 2.24) is 8.87 Å². The van der Waals surface area contributed by atoms with Crippen LogP contribution in [0.5, 0.6) is 0 Å². The third-order valence-electron chi connectivity index (χ3n) is 4.46. The molecule has 0 aliphatic carbocycles. The van der Waals surface area contributed by atoms with Gasteiger partial charge in [-0.15, -0.1) is 11.8 Å². The first kappa shape index (κ1) is 19.6. The summed E-state index contributed by atoms with van der Waals surface area (Å²) in [6, 6.07) is 5.57. The van der Waals surface area contributed by atoms with E-state index in [0.29, 0.717) is 24.2 Å². The van der Waals surface area contributed by atoms with Crippen molar-refractivity contribution in [3.8, 4) is 0 Å². The molecule has 6 nitrogen and oxygen atoms in total. The van der Waals surface area contributed by atoms with Crippen molar-refractivity contribution in [2.75, 3.05) is 19.1 Å². The molecule has 0 radical (unpaired) electrons. The van der Waals surface area contributed by atoms with Gasteiger partial charge in [0.25, 0.3) is 5.91 Å². The van der Waals surface area contributed by atoms with Crippen molar-refractivity contribution < 1.29 is 13.2 Å². The molecule has 1 unspecified atom stereocenters. The summed E-state index contributed by atoms with van der Waals surface area (Å²) in [7, 11) is -3.40. The van der Waals surface area contributed by atoms with Crippen LogP contribution < -0.4 is 4.80 Å². The Bertz CT molecular complexity index is 992. The highest BCUT2D eigenvalue weighted by atomic mass is 32.2. The average Bonchev–Trinajstić information content (AvgIpc) is 3.20. The van der Waals surface area contributed by atoms with Gasteiger partial charge in [-0.3, -0.25) is 4.79 Å². The molecule has 2 aromatic rings. The third kappa shape index (κ3) is 3.90. The van der Waals surface area contributed by atoms with E-state index in [1.165, 1.54) is 20.5 Å². The molecule has 9 heteroatoms. The summed E-state index contributed by atoms with van der Waals surface area (Å²) < 4.78 is 28.2. The van der Waals surface area contributed by atoms with Crippen molar-refractivity contribution in [3.05, 3.63) is 23.0 Å². The number of amides is 1. The summed E-state index contributed by atoms with van der Waals surface area (Å²) in [4.78, 5) is 18.9. The van der Waals surface area contributed by atoms with Gasteiger partial charge in [0.1, 0.15) is 6.04 Å². The van der Waals surface area contributed by atoms with E-state index in [0.717, 1.165) is 29.4 Å². The van der Waals surface area contributed by atoms with Crippen molar-refractivity contribution in [2.45, 2.75) is 43.7 Å². The molecule has 1 aromatic carbocycles. The van der Waals surface area contributed by atoms with Gasteiger partial charge in [-0.05, 0) is 43.7 Å². The monoisotopic (exact) mass is 413 g/mol. The van der Waals surface area contributed by atoms with Crippen LogP contribution >= 0.6 is 23.1 Å². The molecular weight excluding hydrogens is 390 g/mol. The second-order valence-corrected chi connectivity index (χ2v) is 10.2. The van der Waals surface area contributed by atoms with E-state index in [4.69, 9.17) is 0 Å². The van der Waals surface area contributed by atoms with Gasteiger partial charge in [-0.2, -0.15) is 9.30 Å². The number of thiazole rings is 1. The number of aryl methyl sites for hydroxylation is 1. The Balaban J connectivity index is 2.05. The fraction of sp³-hybridized carbons (Fsp3) is 0.529. The highest BCUT2D eigenvalue weighted by Crippen LogP contribution is 2.25. The lowest BCUT2D eigenvalue weighted by Crippen LogP contribution is -2.39. The summed E-state index contributed by atoms with van der Waals surface area (Å²) in [6.07, 6.45) is 5.33. The van der Waals surface area contributed by atoms with Crippen LogP contribution in [-0.2, 0) is 21.4 Å². The summed E-state index contributed by atoms with van der Waals surface area (Å²) in [6.45, 7) is 3.25. The number of hydrogen-bond donors (Lipinski definition) is 0. The van der Waals surface area contributed by atoms with Crippen LogP contribution in [0.1, 0.15) is 26.2 Å². The van der Waals surface area contributed by atoms with Gasteiger partial charge in [0.2, 0.25) is 10.0 Å². The summed E-state index contributed by atoms with van der Waals surface area (Å²) in [5.74, 6) is -0.366. The van der Waals surface area contributed by atoms with Gasteiger partial charge in [-0.1, -0.05) is 18.3 Å². The van der Waals surface area contributed by atoms with Crippen LogP contribution in [-0.4, -0.2) is 48.3 Å². The Kier molecular flexibility index (Phi) is 5.91. The number of benzene rings is 1. The standard InChI is InChI=1S/C17H23N3O3S3/c1-4-9-19-13-8-7-12(24-2)11-15(13)25-17(19)18-16(21)14-6-5-10-20(14)26(3,22)23/h7-8,11,14H,4-6,9-10H2,1-3H3. The molecule has 2 heterocycles. The molecule has 1 atom stereocenters. The summed E-state index contributed by atoms with van der Waals surface area (Å²) >= 11 is 3.16. The van der Waals surface area contributed by atoms with Crippen LogP contribution in [0.4, 0.5) is 0 Å². The van der Waals surface area contributed by atoms with Crippen molar-refractivity contribution in [1.29, 1.82) is 0 Å². The van der Waals surface area contributed by atoms with Crippen LogP contribution in [0.25, 0.3) is 10.2 Å². The van der Waals surface area contributed by atoms with Crippen LogP contribution in [0.15, 0.2) is 28.1 Å². The lowest BCUT2D eigenvalue weighted by atomic mass is 10.2. The molecule has 3 rings (SSSR count). The normalized spacial score (nSPS) is 19.5. The largest absolute Gasteiger partial charge is 0.316 e. The number of hydrogen-bond acceptors (Lipinski definition) is 5. The number of nitrogens with zero attached hydrogens (tertiary/aromatic N) is 3. The second-order valence-electron chi connectivity index (χ2n) is 6.35. The van der Waals surface area contributed by atoms with Crippen molar-refractivity contribution >= 4 is 49.2 Å². The zero-order chi connectivity index (χ0) is 18.9. The molecule has 1 aliphatic rings. The van der Waals surface area contributed by atoms with Crippen LogP contribution in [0.2, 0.25) is 0 Å². The van der Waals surface area contributed by atoms with Gasteiger partial charge in [0.15, 0.2) is 4.80 Å². The van der Waals surface area contributed by atoms with E-state index in [2.05, 4.69) is 34.7 Å². The number of aromatic nitrogens is 1. The zero-order valence-electron chi connectivity index (χ0n) is 15.1. The van der Waals surface area contributed by atoms with E-state index in [9.17, 15) is 13.2 Å². The number of sulfonamides is 1. The minimum atomic E-state index is -3.40. The number of fused-ring (bicyclic) bond motifs is 1. The van der Waals surface area contributed by atoms with Gasteiger partial charge in [-0.25, -0.2) is 8.42 Å².